The number of allylic oxidation sites excluding steroid dienone is 2. The summed E-state index contributed by atoms with van der Waals surface area (Å²) < 4.78 is 0. The third kappa shape index (κ3) is 5.12. The van der Waals surface area contributed by atoms with Gasteiger partial charge in [-0.25, -0.2) is 4.98 Å². The number of benzene rings is 3. The van der Waals surface area contributed by atoms with Gasteiger partial charge in [-0.3, -0.25) is 9.78 Å². The number of carbonyl (C=O) groups excluding carboxylic acids is 1. The molecule has 0 bridgehead atoms. The van der Waals surface area contributed by atoms with Gasteiger partial charge < -0.3 is 5.11 Å². The minimum Gasteiger partial charge on any atom is -0.512 e. The van der Waals surface area contributed by atoms with Crippen LogP contribution in [0, 0.1) is 19.9 Å². The summed E-state index contributed by atoms with van der Waals surface area (Å²) in [6.07, 6.45) is 2.86. The molecule has 1 radical (unpaired) electrons. The molecule has 181 valence electrons. The van der Waals surface area contributed by atoms with Crippen LogP contribution in [0.5, 0.6) is 0 Å². The minimum absolute atomic E-state index is 0. The normalized spacial score (nSPS) is 13.3. The van der Waals surface area contributed by atoms with Gasteiger partial charge in [-0.15, -0.1) is 34.9 Å². The molecule has 1 aliphatic rings. The first kappa shape index (κ1) is 26.5. The molecule has 4 aromatic rings. The van der Waals surface area contributed by atoms with Crippen molar-refractivity contribution in [1.29, 1.82) is 0 Å². The molecule has 4 nitrogen and oxygen atoms in total. The number of fused-ring (bicyclic) bond motifs is 5. The Kier molecular flexibility index (Phi) is 7.74. The number of aryl methyl sites for hydroxylation is 2. The Morgan fingerprint density at radius 3 is 2.29 bits per heavy atom. The van der Waals surface area contributed by atoms with Crippen LogP contribution >= 0.6 is 0 Å². The molecule has 0 amide bonds. The molecule has 0 aliphatic heterocycles. The van der Waals surface area contributed by atoms with E-state index in [0.717, 1.165) is 22.5 Å². The zero-order valence-electron chi connectivity index (χ0n) is 20.9. The Labute approximate surface area is 220 Å². The van der Waals surface area contributed by atoms with Crippen LogP contribution < -0.4 is 0 Å². The third-order valence-corrected chi connectivity index (χ3v) is 6.10. The van der Waals surface area contributed by atoms with E-state index < -0.39 is 0 Å². The molecule has 0 saturated heterocycles. The molecule has 0 saturated carbocycles. The fourth-order valence-corrected chi connectivity index (χ4v) is 4.97. The van der Waals surface area contributed by atoms with Crippen molar-refractivity contribution in [1.82, 2.24) is 9.97 Å². The summed E-state index contributed by atoms with van der Waals surface area (Å²) in [4.78, 5) is 19.4. The second-order valence-electron chi connectivity index (χ2n) is 9.43. The number of carbonyl (C=O) groups is 1. The van der Waals surface area contributed by atoms with Gasteiger partial charge >= 0.3 is 0 Å². The average Bonchev–Trinajstić information content (AvgIpc) is 3.00. The molecular weight excluding hydrogens is 613 g/mol. The second-order valence-corrected chi connectivity index (χ2v) is 9.43. The van der Waals surface area contributed by atoms with E-state index in [1.165, 1.54) is 52.9 Å². The Morgan fingerprint density at radius 1 is 0.971 bits per heavy atom. The molecule has 1 heterocycles. The Bertz CT molecular complexity index is 1430. The van der Waals surface area contributed by atoms with Crippen molar-refractivity contribution >= 4 is 16.6 Å². The van der Waals surface area contributed by atoms with Gasteiger partial charge in [-0.1, -0.05) is 64.1 Å². The van der Waals surface area contributed by atoms with Gasteiger partial charge in [0.1, 0.15) is 6.33 Å². The topological polar surface area (TPSA) is 63.1 Å². The zero-order chi connectivity index (χ0) is 24.6. The van der Waals surface area contributed by atoms with E-state index in [0.29, 0.717) is 0 Å². The van der Waals surface area contributed by atoms with Gasteiger partial charge in [0.15, 0.2) is 5.78 Å². The summed E-state index contributed by atoms with van der Waals surface area (Å²) in [5, 5.41) is 10.9. The molecule has 1 N–H and O–H groups in total. The summed E-state index contributed by atoms with van der Waals surface area (Å²) in [7, 11) is 0. The Morgan fingerprint density at radius 2 is 1.66 bits per heavy atom. The van der Waals surface area contributed by atoms with Crippen molar-refractivity contribution < 1.29 is 30.0 Å². The largest absolute Gasteiger partial charge is 0.512 e. The van der Waals surface area contributed by atoms with Gasteiger partial charge in [0, 0.05) is 37.2 Å². The SMILES string of the molecule is CC(=O)/C=C(/C)O.Cc1[c-]c(-c2ncnc3c2C(C)(C)c2c-3ccc3ccccc23)cc(C)c1.[Ir]. The number of aliphatic hydroxyl groups excluding tert-OH is 1. The molecule has 0 unspecified atom stereocenters. The van der Waals surface area contributed by atoms with Crippen LogP contribution in [-0.2, 0) is 30.3 Å². The maximum Gasteiger partial charge on any atom is 0.155 e. The summed E-state index contributed by atoms with van der Waals surface area (Å²) in [5.41, 5.74) is 9.07. The Hall–Kier alpha value is -3.14. The number of aliphatic hydroxyl groups is 1. The van der Waals surface area contributed by atoms with Crippen LogP contribution in [0.4, 0.5) is 0 Å². The standard InChI is InChI=1S/C25H21N2.C5H8O2.Ir/c1-15-11-16(2)13-18(12-15)23-22-24(27-14-26-23)20-10-9-17-7-5-6-8-19(17)21(20)25(22,3)4;1-4(6)3-5(2)7;/h5-12,14H,1-4H3;3,6H,1-2H3;/q-1;;/b;4-3-;. The average molecular weight is 642 g/mol. The zero-order valence-corrected chi connectivity index (χ0v) is 23.3. The van der Waals surface area contributed by atoms with Gasteiger partial charge in [0.05, 0.1) is 11.5 Å². The van der Waals surface area contributed by atoms with Gasteiger partial charge in [0.2, 0.25) is 0 Å². The molecule has 5 heteroatoms. The first-order chi connectivity index (χ1) is 16.1. The van der Waals surface area contributed by atoms with E-state index in [1.54, 1.807) is 6.33 Å². The molecule has 1 aromatic heterocycles. The van der Waals surface area contributed by atoms with Crippen molar-refractivity contribution in [3.05, 3.63) is 95.0 Å². The van der Waals surface area contributed by atoms with Gasteiger partial charge in [-0.05, 0) is 41.4 Å². The maximum atomic E-state index is 10.0. The predicted octanol–water partition coefficient (Wildman–Crippen LogP) is 7.05. The summed E-state index contributed by atoms with van der Waals surface area (Å²) >= 11 is 0. The maximum absolute atomic E-state index is 10.0. The third-order valence-electron chi connectivity index (χ3n) is 6.10. The van der Waals surface area contributed by atoms with Crippen molar-refractivity contribution in [3.63, 3.8) is 0 Å². The number of hydrogen-bond acceptors (Lipinski definition) is 4. The molecule has 0 atom stereocenters. The van der Waals surface area contributed by atoms with E-state index in [4.69, 9.17) is 15.1 Å². The molecule has 0 fully saturated rings. The minimum atomic E-state index is -0.173. The Balaban J connectivity index is 0.000000378. The van der Waals surface area contributed by atoms with E-state index in [1.807, 2.05) is 0 Å². The van der Waals surface area contributed by atoms with Crippen molar-refractivity contribution in [2.24, 2.45) is 0 Å². The summed E-state index contributed by atoms with van der Waals surface area (Å²) in [5.74, 6) is -0.0625. The predicted molar refractivity (Wildman–Crippen MR) is 138 cm³/mol. The molecule has 35 heavy (non-hydrogen) atoms. The van der Waals surface area contributed by atoms with Crippen molar-refractivity contribution in [3.8, 4) is 22.5 Å². The second kappa shape index (κ2) is 10.2. The first-order valence-corrected chi connectivity index (χ1v) is 11.4. The van der Waals surface area contributed by atoms with Gasteiger partial charge in [-0.2, -0.15) is 0 Å². The number of hydrogen-bond donors (Lipinski definition) is 1. The van der Waals surface area contributed by atoms with E-state index >= 15 is 0 Å². The summed E-state index contributed by atoms with van der Waals surface area (Å²) in [6, 6.07) is 20.9. The van der Waals surface area contributed by atoms with Crippen LogP contribution in [0.2, 0.25) is 0 Å². The molecule has 3 aromatic carbocycles. The van der Waals surface area contributed by atoms with Crippen molar-refractivity contribution in [2.75, 3.05) is 0 Å². The molecule has 0 spiro atoms. The summed E-state index contributed by atoms with van der Waals surface area (Å²) in [6.45, 7) is 11.6. The van der Waals surface area contributed by atoms with Crippen LogP contribution in [-0.4, -0.2) is 20.9 Å². The smallest absolute Gasteiger partial charge is 0.155 e. The fourth-order valence-electron chi connectivity index (χ4n) is 4.97. The van der Waals surface area contributed by atoms with E-state index in [9.17, 15) is 4.79 Å². The molecule has 5 rings (SSSR count). The number of nitrogens with zero attached hydrogens (tertiary/aromatic N) is 2. The first-order valence-electron chi connectivity index (χ1n) is 11.4. The van der Waals surface area contributed by atoms with Crippen LogP contribution in [0.15, 0.2) is 66.7 Å². The van der Waals surface area contributed by atoms with E-state index in [-0.39, 0.29) is 37.1 Å². The van der Waals surface area contributed by atoms with Crippen LogP contribution in [0.1, 0.15) is 49.9 Å². The quantitative estimate of drug-likeness (QED) is 0.145. The number of aromatic nitrogens is 2. The fraction of sp³-hybridized carbons (Fsp3) is 0.233. The molecular formula is C30H29IrN2O2-. The monoisotopic (exact) mass is 642 g/mol. The van der Waals surface area contributed by atoms with Crippen LogP contribution in [0.25, 0.3) is 33.3 Å². The van der Waals surface area contributed by atoms with Crippen molar-refractivity contribution in [2.45, 2.75) is 47.0 Å². The number of rotatable bonds is 2. The van der Waals surface area contributed by atoms with Gasteiger partial charge in [0.25, 0.3) is 0 Å². The van der Waals surface area contributed by atoms with E-state index in [2.05, 4.69) is 82.3 Å². The van der Waals surface area contributed by atoms with Crippen LogP contribution in [0.3, 0.4) is 0 Å². The molecule has 1 aliphatic carbocycles. The number of ketones is 1.